The molecule has 1 heterocycles. The topological polar surface area (TPSA) is 48.1 Å². The minimum Gasteiger partial charge on any atom is -0.438 e. The van der Waals surface area contributed by atoms with E-state index in [1.54, 1.807) is 6.20 Å². The number of ether oxygens (including phenoxy) is 1. The van der Waals surface area contributed by atoms with Gasteiger partial charge in [-0.05, 0) is 40.4 Å². The Morgan fingerprint density at radius 1 is 1.24 bits per heavy atom. The first-order chi connectivity index (χ1) is 9.81. The summed E-state index contributed by atoms with van der Waals surface area (Å²) in [7, 11) is 0. The van der Waals surface area contributed by atoms with E-state index in [2.05, 4.69) is 54.7 Å². The lowest BCUT2D eigenvalue weighted by atomic mass is 9.85. The van der Waals surface area contributed by atoms with Crippen LogP contribution in [0.3, 0.4) is 0 Å². The normalized spacial score (nSPS) is 11.5. The largest absolute Gasteiger partial charge is 0.438 e. The van der Waals surface area contributed by atoms with Crippen LogP contribution in [0.2, 0.25) is 0 Å². The molecule has 0 saturated carbocycles. The van der Waals surface area contributed by atoms with Crippen LogP contribution in [-0.4, -0.2) is 4.98 Å². The number of benzene rings is 1. The van der Waals surface area contributed by atoms with Crippen LogP contribution in [0.4, 0.5) is 0 Å². The van der Waals surface area contributed by atoms with Crippen molar-refractivity contribution in [3.05, 3.63) is 51.6 Å². The second-order valence-electron chi connectivity index (χ2n) is 6.17. The van der Waals surface area contributed by atoms with E-state index in [1.165, 1.54) is 5.56 Å². The summed E-state index contributed by atoms with van der Waals surface area (Å²) in [6.45, 7) is 9.00. The maximum absolute atomic E-state index is 6.06. The minimum atomic E-state index is -0.000402. The molecule has 0 spiro atoms. The molecule has 2 aromatic rings. The molecular formula is C17H21BrN2O. The zero-order valence-corrected chi connectivity index (χ0v) is 14.5. The van der Waals surface area contributed by atoms with E-state index in [9.17, 15) is 0 Å². The van der Waals surface area contributed by atoms with Crippen LogP contribution in [0.15, 0.2) is 34.9 Å². The highest BCUT2D eigenvalue weighted by Gasteiger charge is 2.20. The maximum atomic E-state index is 6.06. The molecule has 2 N–H and O–H groups in total. The van der Waals surface area contributed by atoms with Crippen LogP contribution in [0.5, 0.6) is 11.6 Å². The molecule has 112 valence electrons. The van der Waals surface area contributed by atoms with Crippen LogP contribution >= 0.6 is 15.9 Å². The predicted molar refractivity (Wildman–Crippen MR) is 89.8 cm³/mol. The fourth-order valence-corrected chi connectivity index (χ4v) is 2.51. The number of nitrogens with zero attached hydrogens (tertiary/aromatic N) is 1. The highest BCUT2D eigenvalue weighted by Crippen LogP contribution is 2.35. The van der Waals surface area contributed by atoms with Crippen molar-refractivity contribution in [2.45, 2.75) is 39.7 Å². The van der Waals surface area contributed by atoms with E-state index in [-0.39, 0.29) is 5.41 Å². The Bertz CT molecular complexity index is 648. The molecule has 1 aromatic heterocycles. The lowest BCUT2D eigenvalue weighted by Crippen LogP contribution is -2.13. The number of pyridine rings is 1. The third-order valence-corrected chi connectivity index (χ3v) is 3.70. The van der Waals surface area contributed by atoms with Crippen LogP contribution < -0.4 is 10.5 Å². The molecular weight excluding hydrogens is 328 g/mol. The van der Waals surface area contributed by atoms with Gasteiger partial charge in [0.25, 0.3) is 0 Å². The molecule has 4 heteroatoms. The lowest BCUT2D eigenvalue weighted by Gasteiger charge is -2.23. The molecule has 0 radical (unpaired) electrons. The van der Waals surface area contributed by atoms with Crippen molar-refractivity contribution in [3.63, 3.8) is 0 Å². The zero-order valence-electron chi connectivity index (χ0n) is 12.9. The van der Waals surface area contributed by atoms with E-state index in [4.69, 9.17) is 10.5 Å². The van der Waals surface area contributed by atoms with Gasteiger partial charge in [0.05, 0.1) is 0 Å². The monoisotopic (exact) mass is 348 g/mol. The number of hydrogen-bond donors (Lipinski definition) is 1. The Morgan fingerprint density at radius 2 is 1.95 bits per heavy atom. The van der Waals surface area contributed by atoms with Crippen LogP contribution in [0.1, 0.15) is 37.5 Å². The predicted octanol–water partition coefficient (Wildman–Crippen LogP) is 4.70. The molecule has 0 bridgehead atoms. The minimum absolute atomic E-state index is 0.000402. The average molecular weight is 349 g/mol. The van der Waals surface area contributed by atoms with E-state index in [0.29, 0.717) is 12.4 Å². The van der Waals surface area contributed by atoms with Crippen molar-refractivity contribution < 1.29 is 4.74 Å². The van der Waals surface area contributed by atoms with Crippen molar-refractivity contribution in [3.8, 4) is 11.6 Å². The summed E-state index contributed by atoms with van der Waals surface area (Å²) in [6.07, 6.45) is 1.72. The Morgan fingerprint density at radius 3 is 2.57 bits per heavy atom. The molecule has 3 nitrogen and oxygen atoms in total. The molecule has 0 unspecified atom stereocenters. The van der Waals surface area contributed by atoms with Crippen LogP contribution in [0, 0.1) is 6.92 Å². The third kappa shape index (κ3) is 3.83. The Hall–Kier alpha value is -1.39. The van der Waals surface area contributed by atoms with Gasteiger partial charge in [-0.25, -0.2) is 4.98 Å². The first-order valence-corrected chi connectivity index (χ1v) is 7.74. The first-order valence-electron chi connectivity index (χ1n) is 6.94. The average Bonchev–Trinajstić information content (AvgIpc) is 2.41. The molecule has 0 amide bonds. The van der Waals surface area contributed by atoms with Gasteiger partial charge in [-0.15, -0.1) is 0 Å². The molecule has 0 aliphatic carbocycles. The molecule has 0 fully saturated rings. The number of aromatic nitrogens is 1. The molecule has 21 heavy (non-hydrogen) atoms. The van der Waals surface area contributed by atoms with E-state index in [0.717, 1.165) is 21.3 Å². The number of halogens is 1. The van der Waals surface area contributed by atoms with Gasteiger partial charge in [-0.1, -0.05) is 38.5 Å². The standard InChI is InChI=1S/C17H21BrN2O/c1-11-5-6-15(14(7-11)17(2,3)4)21-16-12(9-19)8-13(18)10-20-16/h5-8,10H,9,19H2,1-4H3. The summed E-state index contributed by atoms with van der Waals surface area (Å²) in [5.41, 5.74) is 9.04. The number of rotatable bonds is 3. The van der Waals surface area contributed by atoms with Crippen molar-refractivity contribution in [2.75, 3.05) is 0 Å². The SMILES string of the molecule is Cc1ccc(Oc2ncc(Br)cc2CN)c(C(C)(C)C)c1. The molecule has 0 aliphatic heterocycles. The molecule has 2 rings (SSSR count). The lowest BCUT2D eigenvalue weighted by molar-refractivity contribution is 0.434. The van der Waals surface area contributed by atoms with Gasteiger partial charge in [-0.2, -0.15) is 0 Å². The number of aryl methyl sites for hydroxylation is 1. The summed E-state index contributed by atoms with van der Waals surface area (Å²) in [5.74, 6) is 1.40. The van der Waals surface area contributed by atoms with Gasteiger partial charge in [0.1, 0.15) is 5.75 Å². The summed E-state index contributed by atoms with van der Waals surface area (Å²) in [6, 6.07) is 8.15. The maximum Gasteiger partial charge on any atom is 0.223 e. The summed E-state index contributed by atoms with van der Waals surface area (Å²) < 4.78 is 6.95. The highest BCUT2D eigenvalue weighted by atomic mass is 79.9. The second kappa shape index (κ2) is 6.16. The molecule has 1 aromatic carbocycles. The van der Waals surface area contributed by atoms with Gasteiger partial charge in [0.15, 0.2) is 0 Å². The first kappa shape index (κ1) is 16.0. The Labute approximate surface area is 134 Å². The summed E-state index contributed by atoms with van der Waals surface area (Å²) in [5, 5.41) is 0. The van der Waals surface area contributed by atoms with E-state index in [1.807, 2.05) is 18.2 Å². The number of nitrogens with two attached hydrogens (primary N) is 1. The van der Waals surface area contributed by atoms with Gasteiger partial charge in [-0.3, -0.25) is 0 Å². The number of hydrogen-bond acceptors (Lipinski definition) is 3. The fraction of sp³-hybridized carbons (Fsp3) is 0.353. The summed E-state index contributed by atoms with van der Waals surface area (Å²) >= 11 is 3.40. The third-order valence-electron chi connectivity index (χ3n) is 3.26. The molecule has 0 aliphatic rings. The molecule has 0 saturated heterocycles. The Kier molecular flexibility index (Phi) is 4.69. The van der Waals surface area contributed by atoms with Crippen molar-refractivity contribution in [1.82, 2.24) is 4.98 Å². The van der Waals surface area contributed by atoms with Crippen LogP contribution in [0.25, 0.3) is 0 Å². The van der Waals surface area contributed by atoms with Crippen molar-refractivity contribution in [1.29, 1.82) is 0 Å². The zero-order chi connectivity index (χ0) is 15.6. The van der Waals surface area contributed by atoms with Gasteiger partial charge >= 0.3 is 0 Å². The van der Waals surface area contributed by atoms with Crippen molar-refractivity contribution >= 4 is 15.9 Å². The Balaban J connectivity index is 2.45. The second-order valence-corrected chi connectivity index (χ2v) is 7.09. The van der Waals surface area contributed by atoms with Gasteiger partial charge < -0.3 is 10.5 Å². The smallest absolute Gasteiger partial charge is 0.223 e. The van der Waals surface area contributed by atoms with E-state index < -0.39 is 0 Å². The summed E-state index contributed by atoms with van der Waals surface area (Å²) in [4.78, 5) is 4.34. The molecule has 0 atom stereocenters. The van der Waals surface area contributed by atoms with Crippen LogP contribution in [-0.2, 0) is 12.0 Å². The van der Waals surface area contributed by atoms with Gasteiger partial charge in [0.2, 0.25) is 5.88 Å². The highest BCUT2D eigenvalue weighted by molar-refractivity contribution is 9.10. The fourth-order valence-electron chi connectivity index (χ4n) is 2.13. The quantitative estimate of drug-likeness (QED) is 0.874. The van der Waals surface area contributed by atoms with E-state index >= 15 is 0 Å². The van der Waals surface area contributed by atoms with Crippen molar-refractivity contribution in [2.24, 2.45) is 5.73 Å². The van der Waals surface area contributed by atoms with Gasteiger partial charge in [0, 0.05) is 28.3 Å².